The smallest absolute Gasteiger partial charge is 0.309 e. The van der Waals surface area contributed by atoms with Crippen LogP contribution in [0.1, 0.15) is 55.9 Å². The number of ether oxygens (including phenoxy) is 2. The fourth-order valence-corrected chi connectivity index (χ4v) is 4.50. The highest BCUT2D eigenvalue weighted by Gasteiger charge is 2.45. The maximum absolute atomic E-state index is 12.3. The Labute approximate surface area is 216 Å². The van der Waals surface area contributed by atoms with Gasteiger partial charge in [-0.25, -0.2) is 0 Å². The van der Waals surface area contributed by atoms with E-state index in [1.165, 1.54) is 0 Å². The number of halogens is 1. The largest absolute Gasteiger partial charge is 0.416 e. The van der Waals surface area contributed by atoms with Crippen molar-refractivity contribution in [3.8, 4) is 0 Å². The van der Waals surface area contributed by atoms with Crippen LogP contribution in [0, 0.1) is 5.92 Å². The van der Waals surface area contributed by atoms with Gasteiger partial charge in [-0.1, -0.05) is 54.9 Å². The average molecular weight is 514 g/mol. The fraction of sp³-hybridized carbons (Fsp3) is 0.444. The fourth-order valence-electron chi connectivity index (χ4n) is 4.26. The molecule has 0 unspecified atom stereocenters. The van der Waals surface area contributed by atoms with E-state index in [0.29, 0.717) is 42.6 Å². The van der Waals surface area contributed by atoms with Crippen molar-refractivity contribution in [1.29, 1.82) is 0 Å². The molecule has 36 heavy (non-hydrogen) atoms. The van der Waals surface area contributed by atoms with Gasteiger partial charge in [0, 0.05) is 12.1 Å². The number of nitrogens with zero attached hydrogens (tertiary/aromatic N) is 1. The molecule has 2 heterocycles. The molecule has 1 saturated heterocycles. The molecule has 9 heteroatoms. The molecule has 192 valence electrons. The van der Waals surface area contributed by atoms with Gasteiger partial charge in [0.2, 0.25) is 0 Å². The van der Waals surface area contributed by atoms with Gasteiger partial charge in [0.05, 0.1) is 35.8 Å². The topological polar surface area (TPSA) is 98.2 Å². The van der Waals surface area contributed by atoms with Crippen LogP contribution in [0.4, 0.5) is 5.69 Å². The molecular formula is C27H32ClN3O5. The molecule has 0 saturated carbocycles. The van der Waals surface area contributed by atoms with Crippen molar-refractivity contribution < 1.29 is 23.9 Å². The Morgan fingerprint density at radius 3 is 2.47 bits per heavy atom. The first-order chi connectivity index (χ1) is 17.3. The predicted molar refractivity (Wildman–Crippen MR) is 138 cm³/mol. The molecule has 8 nitrogen and oxygen atoms in total. The molecule has 2 aromatic carbocycles. The van der Waals surface area contributed by atoms with Gasteiger partial charge in [-0.15, -0.1) is 0 Å². The summed E-state index contributed by atoms with van der Waals surface area (Å²) in [6.45, 7) is 7.98. The van der Waals surface area contributed by atoms with Crippen LogP contribution in [0.15, 0.2) is 41.6 Å². The summed E-state index contributed by atoms with van der Waals surface area (Å²) in [5.41, 5.74) is 5.08. The second-order valence-electron chi connectivity index (χ2n) is 9.49. The van der Waals surface area contributed by atoms with E-state index in [1.54, 1.807) is 12.1 Å². The van der Waals surface area contributed by atoms with Crippen LogP contribution in [0.25, 0.3) is 0 Å². The Hall–Kier alpha value is -3.10. The second kappa shape index (κ2) is 11.3. The van der Waals surface area contributed by atoms with Crippen molar-refractivity contribution in [2.75, 3.05) is 25.0 Å². The summed E-state index contributed by atoms with van der Waals surface area (Å²) in [5.74, 6) is -2.02. The Kier molecular flexibility index (Phi) is 8.16. The van der Waals surface area contributed by atoms with E-state index in [2.05, 4.69) is 29.6 Å². The molecule has 1 spiro atoms. The second-order valence-corrected chi connectivity index (χ2v) is 9.90. The highest BCUT2D eigenvalue weighted by Crippen LogP contribution is 2.40. The lowest BCUT2D eigenvalue weighted by Crippen LogP contribution is -2.43. The monoisotopic (exact) mass is 513 g/mol. The zero-order valence-electron chi connectivity index (χ0n) is 20.9. The molecule has 2 N–H and O–H groups in total. The minimum atomic E-state index is -1.51. The van der Waals surface area contributed by atoms with Crippen molar-refractivity contribution in [2.24, 2.45) is 11.1 Å². The molecule has 4 rings (SSSR count). The van der Waals surface area contributed by atoms with E-state index in [1.807, 2.05) is 31.2 Å². The first-order valence-electron chi connectivity index (χ1n) is 12.2. The summed E-state index contributed by atoms with van der Waals surface area (Å²) in [5, 5.41) is 11.4. The van der Waals surface area contributed by atoms with Crippen LogP contribution in [0.5, 0.6) is 0 Å². The van der Waals surface area contributed by atoms with Crippen LogP contribution in [-0.4, -0.2) is 37.3 Å². The number of hydrogen-bond acceptors (Lipinski definition) is 8. The minimum Gasteiger partial charge on any atom is -0.416 e. The normalized spacial score (nSPS) is 17.6. The molecule has 2 aliphatic rings. The summed E-state index contributed by atoms with van der Waals surface area (Å²) >= 11 is 6.61. The van der Waals surface area contributed by atoms with Crippen LogP contribution >= 0.6 is 11.6 Å². The van der Waals surface area contributed by atoms with Gasteiger partial charge in [-0.2, -0.15) is 0 Å². The molecular weight excluding hydrogens is 482 g/mol. The van der Waals surface area contributed by atoms with Crippen molar-refractivity contribution in [2.45, 2.75) is 52.4 Å². The standard InChI is InChI=1S/C27H32ClN3O5/c1-17(2)15-34-31-18(3)20-6-4-19(5-7-20)14-30-26-21-12-13-29-16-27(22(21)8-9-23(26)28)35-24(32)10-11-25(33)36-27/h4-9,17,29-30H,10-16H2,1-3H3/b31-18+. The number of anilines is 1. The van der Waals surface area contributed by atoms with Crippen LogP contribution in [-0.2, 0) is 42.7 Å². The van der Waals surface area contributed by atoms with E-state index in [0.717, 1.165) is 28.1 Å². The zero-order chi connectivity index (χ0) is 25.7. The van der Waals surface area contributed by atoms with E-state index in [4.69, 9.17) is 25.9 Å². The molecule has 0 aromatic heterocycles. The average Bonchev–Trinajstić information content (AvgIpc) is 3.10. The van der Waals surface area contributed by atoms with E-state index < -0.39 is 17.7 Å². The first kappa shape index (κ1) is 26.0. The lowest BCUT2D eigenvalue weighted by atomic mass is 9.96. The Morgan fingerprint density at radius 1 is 1.11 bits per heavy atom. The highest BCUT2D eigenvalue weighted by atomic mass is 35.5. The number of nitrogens with one attached hydrogen (secondary N) is 2. The van der Waals surface area contributed by atoms with Gasteiger partial charge >= 0.3 is 11.9 Å². The quantitative estimate of drug-likeness (QED) is 0.319. The molecule has 0 bridgehead atoms. The number of carbonyl (C=O) groups excluding carboxylic acids is 2. The number of carbonyl (C=O) groups is 2. The summed E-state index contributed by atoms with van der Waals surface area (Å²) < 4.78 is 11.4. The van der Waals surface area contributed by atoms with Gasteiger partial charge in [0.15, 0.2) is 0 Å². The molecule has 2 aromatic rings. The maximum atomic E-state index is 12.3. The summed E-state index contributed by atoms with van der Waals surface area (Å²) in [6, 6.07) is 11.6. The molecule has 0 amide bonds. The van der Waals surface area contributed by atoms with E-state index in [-0.39, 0.29) is 19.4 Å². The zero-order valence-corrected chi connectivity index (χ0v) is 21.6. The van der Waals surface area contributed by atoms with Crippen LogP contribution in [0.3, 0.4) is 0 Å². The minimum absolute atomic E-state index is 0.00135. The number of benzene rings is 2. The van der Waals surface area contributed by atoms with Crippen molar-refractivity contribution in [3.05, 3.63) is 63.7 Å². The van der Waals surface area contributed by atoms with Gasteiger partial charge in [-0.3, -0.25) is 9.59 Å². The highest BCUT2D eigenvalue weighted by molar-refractivity contribution is 6.33. The third-order valence-electron chi connectivity index (χ3n) is 6.12. The number of rotatable bonds is 7. The first-order valence-corrected chi connectivity index (χ1v) is 12.6. The van der Waals surface area contributed by atoms with Crippen molar-refractivity contribution >= 4 is 34.9 Å². The Morgan fingerprint density at radius 2 is 1.81 bits per heavy atom. The number of fused-ring (bicyclic) bond motifs is 2. The molecule has 2 aliphatic heterocycles. The summed E-state index contributed by atoms with van der Waals surface area (Å²) in [4.78, 5) is 30.0. The lowest BCUT2D eigenvalue weighted by Gasteiger charge is -2.32. The summed E-state index contributed by atoms with van der Waals surface area (Å²) in [6.07, 6.45) is 0.622. The van der Waals surface area contributed by atoms with Crippen LogP contribution < -0.4 is 10.6 Å². The molecule has 1 fully saturated rings. The maximum Gasteiger partial charge on any atom is 0.309 e. The summed E-state index contributed by atoms with van der Waals surface area (Å²) in [7, 11) is 0. The third kappa shape index (κ3) is 5.99. The molecule has 0 aliphatic carbocycles. The van der Waals surface area contributed by atoms with Gasteiger partial charge in [-0.05, 0) is 54.6 Å². The van der Waals surface area contributed by atoms with Gasteiger partial charge in [0.25, 0.3) is 5.79 Å². The van der Waals surface area contributed by atoms with Crippen molar-refractivity contribution in [1.82, 2.24) is 5.32 Å². The Balaban J connectivity index is 1.55. The SMILES string of the molecule is C/C(=N\OCC(C)C)c1ccc(CNc2c(Cl)ccc3c2CCNCC32OC(=O)CCC(=O)O2)cc1. The van der Waals surface area contributed by atoms with Gasteiger partial charge in [0.1, 0.15) is 6.61 Å². The third-order valence-corrected chi connectivity index (χ3v) is 6.44. The van der Waals surface area contributed by atoms with Crippen LogP contribution in [0.2, 0.25) is 5.02 Å². The lowest BCUT2D eigenvalue weighted by molar-refractivity contribution is -0.225. The van der Waals surface area contributed by atoms with E-state index in [9.17, 15) is 9.59 Å². The number of esters is 2. The van der Waals surface area contributed by atoms with E-state index >= 15 is 0 Å². The molecule has 0 atom stereocenters. The number of oxime groups is 1. The molecule has 0 radical (unpaired) electrons. The Bertz CT molecular complexity index is 1130. The van der Waals surface area contributed by atoms with Gasteiger partial charge < -0.3 is 24.9 Å². The number of hydrogen-bond donors (Lipinski definition) is 2. The van der Waals surface area contributed by atoms with Crippen molar-refractivity contribution in [3.63, 3.8) is 0 Å². The predicted octanol–water partition coefficient (Wildman–Crippen LogP) is 4.53.